The molecule has 1 aromatic heterocycles. The summed E-state index contributed by atoms with van der Waals surface area (Å²) >= 11 is 15.2. The molecule has 0 saturated carbocycles. The van der Waals surface area contributed by atoms with Crippen LogP contribution in [0.3, 0.4) is 0 Å². The zero-order valence-electron chi connectivity index (χ0n) is 9.21. The third-order valence-corrected chi connectivity index (χ3v) is 3.21. The van der Waals surface area contributed by atoms with Crippen LogP contribution in [-0.4, -0.2) is 16.1 Å². The summed E-state index contributed by atoms with van der Waals surface area (Å²) < 4.78 is 0.697. The Morgan fingerprint density at radius 2 is 1.89 bits per heavy atom. The summed E-state index contributed by atoms with van der Waals surface area (Å²) in [5.41, 5.74) is -0.0598. The molecule has 0 unspecified atom stereocenters. The molecule has 1 aromatic carbocycles. The van der Waals surface area contributed by atoms with E-state index < -0.39 is 11.5 Å². The Hall–Kier alpha value is -1.37. The number of amides is 1. The normalized spacial score (nSPS) is 10.3. The Kier molecular flexibility index (Phi) is 4.24. The lowest BCUT2D eigenvalue weighted by Gasteiger charge is -2.09. The van der Waals surface area contributed by atoms with Crippen molar-refractivity contribution in [1.29, 1.82) is 0 Å². The van der Waals surface area contributed by atoms with Gasteiger partial charge in [0.2, 0.25) is 0 Å². The van der Waals surface area contributed by atoms with Crippen LogP contribution >= 0.6 is 39.1 Å². The molecule has 0 bridgehead atoms. The molecule has 2 N–H and O–H groups in total. The molecule has 0 aliphatic rings. The van der Waals surface area contributed by atoms with Crippen LogP contribution in [0.5, 0.6) is 0 Å². The molecule has 0 spiro atoms. The summed E-state index contributed by atoms with van der Waals surface area (Å²) in [6, 6.07) is 5.70. The van der Waals surface area contributed by atoms with Crippen LogP contribution in [0.2, 0.25) is 10.0 Å². The second kappa shape index (κ2) is 5.73. The van der Waals surface area contributed by atoms with Crippen molar-refractivity contribution in [2.45, 2.75) is 0 Å². The lowest BCUT2D eigenvalue weighted by Crippen LogP contribution is -2.17. The van der Waals surface area contributed by atoms with E-state index in [1.165, 1.54) is 12.1 Å². The molecule has 0 atom stereocenters. The number of anilines is 1. The van der Waals surface area contributed by atoms with Crippen molar-refractivity contribution < 1.29 is 4.79 Å². The molecule has 1 heterocycles. The van der Waals surface area contributed by atoms with Crippen LogP contribution in [0.4, 0.5) is 5.69 Å². The largest absolute Gasteiger partial charge is 0.318 e. The van der Waals surface area contributed by atoms with Crippen molar-refractivity contribution in [3.8, 4) is 0 Å². The van der Waals surface area contributed by atoms with Crippen molar-refractivity contribution in [2.75, 3.05) is 5.32 Å². The summed E-state index contributed by atoms with van der Waals surface area (Å²) in [6.07, 6.45) is 0. The molecule has 0 aliphatic heterocycles. The second-order valence-corrected chi connectivity index (χ2v) is 5.24. The number of aromatic amines is 1. The van der Waals surface area contributed by atoms with Gasteiger partial charge in [-0.1, -0.05) is 39.1 Å². The molecule has 0 radical (unpaired) electrons. The molecule has 19 heavy (non-hydrogen) atoms. The van der Waals surface area contributed by atoms with Crippen molar-refractivity contribution in [3.05, 3.63) is 54.8 Å². The van der Waals surface area contributed by atoms with E-state index in [4.69, 9.17) is 23.2 Å². The number of H-pyrrole nitrogens is 1. The van der Waals surface area contributed by atoms with Gasteiger partial charge in [-0.3, -0.25) is 9.59 Å². The first-order valence-electron chi connectivity index (χ1n) is 4.99. The van der Waals surface area contributed by atoms with Crippen LogP contribution in [0, 0.1) is 0 Å². The maximum Gasteiger partial charge on any atom is 0.276 e. The molecule has 0 fully saturated rings. The van der Waals surface area contributed by atoms with Crippen LogP contribution in [0.1, 0.15) is 10.5 Å². The minimum atomic E-state index is -0.526. The van der Waals surface area contributed by atoms with E-state index in [-0.39, 0.29) is 21.4 Å². The Labute approximate surface area is 126 Å². The van der Waals surface area contributed by atoms with E-state index in [0.717, 1.165) is 0 Å². The lowest BCUT2D eigenvalue weighted by atomic mass is 10.3. The molecule has 5 nitrogen and oxygen atoms in total. The number of nitrogens with one attached hydrogen (secondary N) is 2. The Morgan fingerprint density at radius 1 is 1.26 bits per heavy atom. The highest BCUT2D eigenvalue weighted by Crippen LogP contribution is 2.33. The van der Waals surface area contributed by atoms with Gasteiger partial charge in [-0.25, -0.2) is 5.10 Å². The smallest absolute Gasteiger partial charge is 0.276 e. The number of halogens is 3. The van der Waals surface area contributed by atoms with Gasteiger partial charge in [0.25, 0.3) is 11.5 Å². The first-order valence-corrected chi connectivity index (χ1v) is 6.54. The van der Waals surface area contributed by atoms with Gasteiger partial charge in [-0.2, -0.15) is 5.10 Å². The number of hydrogen-bond donors (Lipinski definition) is 2. The maximum atomic E-state index is 11.9. The third kappa shape index (κ3) is 3.34. The fraction of sp³-hybridized carbons (Fsp3) is 0. The number of rotatable bonds is 2. The topological polar surface area (TPSA) is 74.8 Å². The highest BCUT2D eigenvalue weighted by atomic mass is 79.9. The standard InChI is InChI=1S/C11H6BrCl2N3O2/c12-5-3-6(13)10(7(14)4-5)15-11(19)8-1-2-9(18)17-16-8/h1-4H,(H,15,19)(H,17,18). The fourth-order valence-corrected chi connectivity index (χ4v) is 2.61. The summed E-state index contributed by atoms with van der Waals surface area (Å²) in [5.74, 6) is -0.526. The minimum absolute atomic E-state index is 0.0506. The number of aromatic nitrogens is 2. The minimum Gasteiger partial charge on any atom is -0.318 e. The van der Waals surface area contributed by atoms with Gasteiger partial charge >= 0.3 is 0 Å². The van der Waals surface area contributed by atoms with Crippen molar-refractivity contribution >= 4 is 50.7 Å². The highest BCUT2D eigenvalue weighted by Gasteiger charge is 2.13. The van der Waals surface area contributed by atoms with Gasteiger partial charge in [0.15, 0.2) is 0 Å². The molecule has 2 aromatic rings. The van der Waals surface area contributed by atoms with Gasteiger partial charge < -0.3 is 5.32 Å². The van der Waals surface area contributed by atoms with Gasteiger partial charge in [-0.15, -0.1) is 0 Å². The molecule has 1 amide bonds. The van der Waals surface area contributed by atoms with E-state index in [2.05, 4.69) is 31.4 Å². The van der Waals surface area contributed by atoms with E-state index in [1.54, 1.807) is 12.1 Å². The zero-order chi connectivity index (χ0) is 14.0. The van der Waals surface area contributed by atoms with Crippen molar-refractivity contribution in [3.63, 3.8) is 0 Å². The van der Waals surface area contributed by atoms with Gasteiger partial charge in [0.05, 0.1) is 15.7 Å². The van der Waals surface area contributed by atoms with Gasteiger partial charge in [-0.05, 0) is 18.2 Å². The zero-order valence-corrected chi connectivity index (χ0v) is 12.3. The summed E-state index contributed by atoms with van der Waals surface area (Å²) in [6.45, 7) is 0. The number of carbonyl (C=O) groups is 1. The maximum absolute atomic E-state index is 11.9. The molecule has 2 rings (SSSR count). The molecule has 0 saturated heterocycles. The summed E-state index contributed by atoms with van der Waals surface area (Å²) in [5, 5.41) is 8.88. The van der Waals surface area contributed by atoms with Crippen molar-refractivity contribution in [2.24, 2.45) is 0 Å². The molecule has 0 aliphatic carbocycles. The quantitative estimate of drug-likeness (QED) is 0.861. The molecular formula is C11H6BrCl2N3O2. The predicted molar refractivity (Wildman–Crippen MR) is 77.0 cm³/mol. The first kappa shape index (κ1) is 14.0. The molecular weight excluding hydrogens is 357 g/mol. The number of benzene rings is 1. The molecule has 8 heteroatoms. The van der Waals surface area contributed by atoms with Crippen LogP contribution in [-0.2, 0) is 0 Å². The Bertz CT molecular complexity index is 659. The number of nitrogens with zero attached hydrogens (tertiary/aromatic N) is 1. The average molecular weight is 363 g/mol. The van der Waals surface area contributed by atoms with Crippen LogP contribution in [0.25, 0.3) is 0 Å². The lowest BCUT2D eigenvalue weighted by molar-refractivity contribution is 0.102. The number of carbonyl (C=O) groups excluding carboxylic acids is 1. The number of hydrogen-bond acceptors (Lipinski definition) is 3. The Morgan fingerprint density at radius 3 is 2.42 bits per heavy atom. The van der Waals surface area contributed by atoms with Crippen LogP contribution in [0.15, 0.2) is 33.5 Å². The summed E-state index contributed by atoms with van der Waals surface area (Å²) in [4.78, 5) is 22.7. The monoisotopic (exact) mass is 361 g/mol. The predicted octanol–water partition coefficient (Wildman–Crippen LogP) is 3.09. The fourth-order valence-electron chi connectivity index (χ4n) is 1.31. The van der Waals surface area contributed by atoms with E-state index in [9.17, 15) is 9.59 Å². The second-order valence-electron chi connectivity index (χ2n) is 3.50. The molecule has 98 valence electrons. The highest BCUT2D eigenvalue weighted by molar-refractivity contribution is 9.10. The van der Waals surface area contributed by atoms with E-state index in [0.29, 0.717) is 4.47 Å². The summed E-state index contributed by atoms with van der Waals surface area (Å²) in [7, 11) is 0. The Balaban J connectivity index is 2.29. The first-order chi connectivity index (χ1) is 8.97. The SMILES string of the molecule is O=C(Nc1c(Cl)cc(Br)cc1Cl)c1ccc(=O)[nH]n1. The van der Waals surface area contributed by atoms with E-state index in [1.807, 2.05) is 0 Å². The average Bonchev–Trinajstić information content (AvgIpc) is 2.34. The van der Waals surface area contributed by atoms with E-state index >= 15 is 0 Å². The van der Waals surface area contributed by atoms with Gasteiger partial charge in [0.1, 0.15) is 5.69 Å². The van der Waals surface area contributed by atoms with Gasteiger partial charge in [0, 0.05) is 10.5 Å². The van der Waals surface area contributed by atoms with Crippen molar-refractivity contribution in [1.82, 2.24) is 10.2 Å². The third-order valence-electron chi connectivity index (χ3n) is 2.16. The van der Waals surface area contributed by atoms with Crippen LogP contribution < -0.4 is 10.9 Å².